The molecular weight excluding hydrogens is 304 g/mol. The minimum atomic E-state index is -0.464. The van der Waals surface area contributed by atoms with Crippen molar-refractivity contribution in [2.24, 2.45) is 23.2 Å². The molecule has 128 valence electrons. The second-order valence-corrected chi connectivity index (χ2v) is 8.06. The number of carbonyl (C=O) groups is 2. The Labute approximate surface area is 142 Å². The van der Waals surface area contributed by atoms with E-state index in [1.54, 1.807) is 24.3 Å². The first-order valence-corrected chi connectivity index (χ1v) is 8.84. The maximum atomic E-state index is 13.0. The second kappa shape index (κ2) is 5.59. The molecule has 0 aromatic heterocycles. The van der Waals surface area contributed by atoms with Crippen LogP contribution in [0.2, 0.25) is 0 Å². The molecule has 4 aliphatic rings. The molecule has 0 saturated heterocycles. The molecule has 5 heteroatoms. The third-order valence-electron chi connectivity index (χ3n) is 6.20. The molecule has 5 rings (SSSR count). The van der Waals surface area contributed by atoms with Crippen molar-refractivity contribution in [1.82, 2.24) is 5.06 Å². The van der Waals surface area contributed by atoms with Crippen LogP contribution >= 0.6 is 0 Å². The largest absolute Gasteiger partial charge is 0.326 e. The fraction of sp³-hybridized carbons (Fsp3) is 0.579. The molecule has 4 fully saturated rings. The molecule has 5 nitrogen and oxygen atoms in total. The predicted octanol–water partition coefficient (Wildman–Crippen LogP) is 3.30. The van der Waals surface area contributed by atoms with Gasteiger partial charge in [-0.05, 0) is 80.5 Å². The molecule has 1 aromatic rings. The Morgan fingerprint density at radius 1 is 1.04 bits per heavy atom. The van der Waals surface area contributed by atoms with Crippen molar-refractivity contribution in [1.29, 1.82) is 0 Å². The highest BCUT2D eigenvalue weighted by atomic mass is 16.5. The van der Waals surface area contributed by atoms with E-state index in [2.05, 4.69) is 5.32 Å². The molecule has 1 aromatic carbocycles. The molecule has 4 aliphatic carbocycles. The van der Waals surface area contributed by atoms with Gasteiger partial charge in [-0.15, -0.1) is 0 Å². The van der Waals surface area contributed by atoms with Crippen LogP contribution in [0.4, 0.5) is 5.69 Å². The summed E-state index contributed by atoms with van der Waals surface area (Å²) in [5, 5.41) is 12.8. The van der Waals surface area contributed by atoms with E-state index in [0.29, 0.717) is 16.3 Å². The van der Waals surface area contributed by atoms with Gasteiger partial charge in [0.2, 0.25) is 5.91 Å². The van der Waals surface area contributed by atoms with E-state index in [9.17, 15) is 14.8 Å². The number of nitrogens with zero attached hydrogens (tertiary/aromatic N) is 1. The average Bonchev–Trinajstić information content (AvgIpc) is 2.53. The lowest BCUT2D eigenvalue weighted by Crippen LogP contribution is -2.51. The number of hydrogen-bond acceptors (Lipinski definition) is 3. The lowest BCUT2D eigenvalue weighted by Gasteiger charge is -2.55. The number of carbonyl (C=O) groups excluding carboxylic acids is 2. The van der Waals surface area contributed by atoms with E-state index in [4.69, 9.17) is 0 Å². The summed E-state index contributed by atoms with van der Waals surface area (Å²) in [4.78, 5) is 24.7. The maximum absolute atomic E-state index is 13.0. The van der Waals surface area contributed by atoms with E-state index >= 15 is 0 Å². The predicted molar refractivity (Wildman–Crippen MR) is 89.6 cm³/mol. The minimum Gasteiger partial charge on any atom is -0.326 e. The maximum Gasteiger partial charge on any atom is 0.276 e. The smallest absolute Gasteiger partial charge is 0.276 e. The summed E-state index contributed by atoms with van der Waals surface area (Å²) in [7, 11) is 1.30. The molecule has 4 saturated carbocycles. The molecular formula is C19H24N2O3. The van der Waals surface area contributed by atoms with E-state index in [-0.39, 0.29) is 11.3 Å². The molecule has 0 aliphatic heterocycles. The van der Waals surface area contributed by atoms with Crippen molar-refractivity contribution >= 4 is 17.5 Å². The number of hydroxylamine groups is 2. The summed E-state index contributed by atoms with van der Waals surface area (Å²) < 4.78 is 0. The normalized spacial score (nSPS) is 33.3. The van der Waals surface area contributed by atoms with Gasteiger partial charge >= 0.3 is 0 Å². The Morgan fingerprint density at radius 3 is 2.00 bits per heavy atom. The molecule has 0 atom stereocenters. The van der Waals surface area contributed by atoms with Gasteiger partial charge < -0.3 is 5.32 Å². The minimum absolute atomic E-state index is 0.153. The molecule has 0 heterocycles. The van der Waals surface area contributed by atoms with Gasteiger partial charge in [0, 0.05) is 18.3 Å². The number of amides is 2. The van der Waals surface area contributed by atoms with Crippen LogP contribution in [0.25, 0.3) is 0 Å². The number of anilines is 1. The zero-order chi connectivity index (χ0) is 16.9. The third-order valence-corrected chi connectivity index (χ3v) is 6.20. The summed E-state index contributed by atoms with van der Waals surface area (Å²) in [6.07, 6.45) is 7.07. The quantitative estimate of drug-likeness (QED) is 0.661. The fourth-order valence-electron chi connectivity index (χ4n) is 5.54. The first kappa shape index (κ1) is 15.6. The van der Waals surface area contributed by atoms with Crippen LogP contribution in [0.3, 0.4) is 0 Å². The van der Waals surface area contributed by atoms with E-state index in [0.717, 1.165) is 37.0 Å². The van der Waals surface area contributed by atoms with E-state index in [1.807, 2.05) is 0 Å². The number of benzene rings is 1. The van der Waals surface area contributed by atoms with Crippen molar-refractivity contribution in [3.05, 3.63) is 29.8 Å². The van der Waals surface area contributed by atoms with Gasteiger partial charge in [0.15, 0.2) is 0 Å². The molecule has 0 unspecified atom stereocenters. The summed E-state index contributed by atoms with van der Waals surface area (Å²) in [5.41, 5.74) is 0.940. The number of hydrogen-bond donors (Lipinski definition) is 2. The van der Waals surface area contributed by atoms with Crippen LogP contribution in [0.15, 0.2) is 24.3 Å². The summed E-state index contributed by atoms with van der Waals surface area (Å²) >= 11 is 0. The van der Waals surface area contributed by atoms with Gasteiger partial charge in [-0.3, -0.25) is 14.8 Å². The zero-order valence-corrected chi connectivity index (χ0v) is 14.0. The highest BCUT2D eigenvalue weighted by Gasteiger charge is 2.54. The summed E-state index contributed by atoms with van der Waals surface area (Å²) in [6, 6.07) is 6.72. The van der Waals surface area contributed by atoms with Crippen LogP contribution in [0, 0.1) is 23.2 Å². The zero-order valence-electron chi connectivity index (χ0n) is 14.0. The average molecular weight is 328 g/mol. The second-order valence-electron chi connectivity index (χ2n) is 8.06. The van der Waals surface area contributed by atoms with Crippen LogP contribution < -0.4 is 5.32 Å². The van der Waals surface area contributed by atoms with Crippen LogP contribution in [0.5, 0.6) is 0 Å². The Hall–Kier alpha value is -1.88. The standard InChI is InChI=1S/C19H24N2O3/c1-21(24)17(22)15-2-4-16(5-3-15)20-18(23)19-9-12-6-13(10-19)8-14(7-12)11-19/h2-5,12-14,24H,6-11H2,1H3,(H,20,23). The lowest BCUT2D eigenvalue weighted by atomic mass is 9.49. The van der Waals surface area contributed by atoms with Crippen molar-refractivity contribution in [3.8, 4) is 0 Å². The molecule has 24 heavy (non-hydrogen) atoms. The Balaban J connectivity index is 1.47. The highest BCUT2D eigenvalue weighted by molar-refractivity contribution is 5.97. The van der Waals surface area contributed by atoms with E-state index in [1.165, 1.54) is 26.3 Å². The number of rotatable bonds is 3. The summed E-state index contributed by atoms with van der Waals surface area (Å²) in [5.74, 6) is 1.90. The van der Waals surface area contributed by atoms with Gasteiger partial charge in [0.25, 0.3) is 5.91 Å². The first-order valence-electron chi connectivity index (χ1n) is 8.84. The SMILES string of the molecule is CN(O)C(=O)c1ccc(NC(=O)C23CC4CC(CC(C4)C2)C3)cc1. The van der Waals surface area contributed by atoms with Crippen molar-refractivity contribution in [3.63, 3.8) is 0 Å². The van der Waals surface area contributed by atoms with Crippen molar-refractivity contribution < 1.29 is 14.8 Å². The van der Waals surface area contributed by atoms with Crippen LogP contribution in [-0.4, -0.2) is 29.1 Å². The van der Waals surface area contributed by atoms with Gasteiger partial charge in [-0.2, -0.15) is 0 Å². The van der Waals surface area contributed by atoms with Gasteiger partial charge in [-0.25, -0.2) is 5.06 Å². The first-order chi connectivity index (χ1) is 11.4. The fourth-order valence-corrected chi connectivity index (χ4v) is 5.54. The van der Waals surface area contributed by atoms with Gasteiger partial charge in [-0.1, -0.05) is 0 Å². The topological polar surface area (TPSA) is 69.6 Å². The van der Waals surface area contributed by atoms with Crippen molar-refractivity contribution in [2.75, 3.05) is 12.4 Å². The Kier molecular flexibility index (Phi) is 3.64. The Bertz CT molecular complexity index is 630. The monoisotopic (exact) mass is 328 g/mol. The van der Waals surface area contributed by atoms with Gasteiger partial charge in [0.05, 0.1) is 5.41 Å². The Morgan fingerprint density at radius 2 is 1.54 bits per heavy atom. The molecule has 2 amide bonds. The lowest BCUT2D eigenvalue weighted by molar-refractivity contribution is -0.140. The van der Waals surface area contributed by atoms with Gasteiger partial charge in [0.1, 0.15) is 0 Å². The van der Waals surface area contributed by atoms with Crippen LogP contribution in [-0.2, 0) is 4.79 Å². The molecule has 0 radical (unpaired) electrons. The molecule has 2 N–H and O–H groups in total. The highest BCUT2D eigenvalue weighted by Crippen LogP contribution is 2.60. The molecule has 4 bridgehead atoms. The van der Waals surface area contributed by atoms with E-state index < -0.39 is 5.91 Å². The van der Waals surface area contributed by atoms with Crippen LogP contribution in [0.1, 0.15) is 48.9 Å². The molecule has 0 spiro atoms. The third kappa shape index (κ3) is 2.61. The summed E-state index contributed by atoms with van der Waals surface area (Å²) in [6.45, 7) is 0. The van der Waals surface area contributed by atoms with Crippen molar-refractivity contribution in [2.45, 2.75) is 38.5 Å². The number of nitrogens with one attached hydrogen (secondary N) is 1.